The summed E-state index contributed by atoms with van der Waals surface area (Å²) in [6.45, 7) is 3.73. The van der Waals surface area contributed by atoms with E-state index in [-0.39, 0.29) is 44.1 Å². The Morgan fingerprint density at radius 3 is 2.62 bits per heavy atom. The smallest absolute Gasteiger partial charge is 0.352 e. The molecular weight excluding hydrogens is 545 g/mol. The van der Waals surface area contributed by atoms with E-state index in [1.54, 1.807) is 12.3 Å². The summed E-state index contributed by atoms with van der Waals surface area (Å²) in [7, 11) is 0. The van der Waals surface area contributed by atoms with Crippen LogP contribution in [0.15, 0.2) is 18.5 Å². The van der Waals surface area contributed by atoms with E-state index in [0.717, 1.165) is 11.5 Å². The van der Waals surface area contributed by atoms with Crippen LogP contribution in [0.25, 0.3) is 5.65 Å². The standard InChI is InChI=1S/C24H28F5N7O2S/c1-13(2)19-21(39-35-34-19)22(38)33-20(15-3-6-23(25,26)7-4-15)16-12-36-17(32-16)9-14(11-31-36)10-30-18(37)5-8-24(27,28)29/h9,11-13,15,20H,3-8,10H2,1-2H3,(H,30,37)(H,33,38)/t20-/m0/s1. The number of fused-ring (bicyclic) bond motifs is 1. The number of hydrogen-bond acceptors (Lipinski definition) is 7. The van der Waals surface area contributed by atoms with Gasteiger partial charge in [0, 0.05) is 25.8 Å². The van der Waals surface area contributed by atoms with Crippen molar-refractivity contribution in [2.24, 2.45) is 5.92 Å². The van der Waals surface area contributed by atoms with Gasteiger partial charge in [-0.05, 0) is 47.8 Å². The second kappa shape index (κ2) is 11.5. The summed E-state index contributed by atoms with van der Waals surface area (Å²) in [6.07, 6.45) is -3.49. The highest BCUT2D eigenvalue weighted by Gasteiger charge is 2.39. The summed E-state index contributed by atoms with van der Waals surface area (Å²) in [5, 5.41) is 13.7. The van der Waals surface area contributed by atoms with Crippen molar-refractivity contribution in [3.63, 3.8) is 0 Å². The number of aromatic nitrogens is 5. The van der Waals surface area contributed by atoms with Gasteiger partial charge >= 0.3 is 6.18 Å². The number of nitrogens with zero attached hydrogens (tertiary/aromatic N) is 5. The maximum absolute atomic E-state index is 13.9. The number of rotatable bonds is 9. The summed E-state index contributed by atoms with van der Waals surface area (Å²) in [4.78, 5) is 29.9. The minimum Gasteiger partial charge on any atom is -0.352 e. The van der Waals surface area contributed by atoms with Gasteiger partial charge in [0.05, 0.1) is 36.2 Å². The Kier molecular flexibility index (Phi) is 8.47. The lowest BCUT2D eigenvalue weighted by atomic mass is 9.81. The molecule has 0 aromatic carbocycles. The second-order valence-electron chi connectivity index (χ2n) is 10.0. The number of amides is 2. The predicted molar refractivity (Wildman–Crippen MR) is 131 cm³/mol. The minimum atomic E-state index is -4.42. The first-order chi connectivity index (χ1) is 18.3. The van der Waals surface area contributed by atoms with Gasteiger partial charge in [0.2, 0.25) is 11.8 Å². The summed E-state index contributed by atoms with van der Waals surface area (Å²) in [5.41, 5.74) is 1.86. The lowest BCUT2D eigenvalue weighted by Gasteiger charge is -2.33. The molecule has 1 aliphatic carbocycles. The Hall–Kier alpha value is -3.23. The van der Waals surface area contributed by atoms with Crippen molar-refractivity contribution in [3.8, 4) is 0 Å². The van der Waals surface area contributed by atoms with E-state index in [9.17, 15) is 31.5 Å². The predicted octanol–water partition coefficient (Wildman–Crippen LogP) is 4.96. The van der Waals surface area contributed by atoms with E-state index < -0.39 is 42.8 Å². The minimum absolute atomic E-state index is 0.0388. The zero-order chi connectivity index (χ0) is 28.4. The van der Waals surface area contributed by atoms with Gasteiger partial charge in [-0.15, -0.1) is 5.10 Å². The molecule has 0 bridgehead atoms. The van der Waals surface area contributed by atoms with Crippen LogP contribution in [-0.2, 0) is 11.3 Å². The van der Waals surface area contributed by atoms with Gasteiger partial charge in [-0.25, -0.2) is 18.3 Å². The van der Waals surface area contributed by atoms with Gasteiger partial charge in [0.25, 0.3) is 5.91 Å². The number of alkyl halides is 5. The molecule has 3 aromatic heterocycles. The van der Waals surface area contributed by atoms with Crippen molar-refractivity contribution in [3.05, 3.63) is 40.3 Å². The van der Waals surface area contributed by atoms with Crippen LogP contribution < -0.4 is 10.6 Å². The van der Waals surface area contributed by atoms with Gasteiger partial charge in [0.1, 0.15) is 4.88 Å². The van der Waals surface area contributed by atoms with Crippen molar-refractivity contribution in [2.45, 2.75) is 83.0 Å². The molecule has 3 aromatic rings. The van der Waals surface area contributed by atoms with Crippen molar-refractivity contribution >= 4 is 29.0 Å². The van der Waals surface area contributed by atoms with Crippen LogP contribution in [0.2, 0.25) is 0 Å². The highest BCUT2D eigenvalue weighted by molar-refractivity contribution is 7.08. The molecule has 1 aliphatic rings. The molecule has 39 heavy (non-hydrogen) atoms. The molecule has 2 N–H and O–H groups in total. The maximum Gasteiger partial charge on any atom is 0.389 e. The Morgan fingerprint density at radius 1 is 1.23 bits per heavy atom. The van der Waals surface area contributed by atoms with Crippen LogP contribution in [0, 0.1) is 5.92 Å². The highest BCUT2D eigenvalue weighted by atomic mass is 32.1. The fraction of sp³-hybridized carbons (Fsp3) is 0.583. The number of imidazole rings is 1. The molecule has 1 atom stereocenters. The van der Waals surface area contributed by atoms with Crippen LogP contribution in [0.4, 0.5) is 22.0 Å². The first kappa shape index (κ1) is 28.8. The molecule has 1 saturated carbocycles. The molecule has 212 valence electrons. The molecule has 0 radical (unpaired) electrons. The van der Waals surface area contributed by atoms with Gasteiger partial charge in [-0.1, -0.05) is 18.3 Å². The molecule has 4 rings (SSSR count). The van der Waals surface area contributed by atoms with Crippen molar-refractivity contribution in [1.82, 2.24) is 34.8 Å². The molecule has 3 heterocycles. The second-order valence-corrected chi connectivity index (χ2v) is 10.8. The number of carbonyl (C=O) groups excluding carboxylic acids is 2. The van der Waals surface area contributed by atoms with Crippen molar-refractivity contribution < 1.29 is 31.5 Å². The quantitative estimate of drug-likeness (QED) is 0.350. The molecule has 0 unspecified atom stereocenters. The lowest BCUT2D eigenvalue weighted by molar-refractivity contribution is -0.144. The van der Waals surface area contributed by atoms with Gasteiger partial charge in [-0.3, -0.25) is 9.59 Å². The molecule has 9 nitrogen and oxygen atoms in total. The number of hydrogen-bond donors (Lipinski definition) is 2. The fourth-order valence-electron chi connectivity index (χ4n) is 4.49. The van der Waals surface area contributed by atoms with Crippen molar-refractivity contribution in [1.29, 1.82) is 0 Å². The molecular formula is C24H28F5N7O2S. The fourth-order valence-corrected chi connectivity index (χ4v) is 5.22. The first-order valence-corrected chi connectivity index (χ1v) is 13.3. The van der Waals surface area contributed by atoms with Crippen LogP contribution in [0.1, 0.15) is 91.0 Å². The largest absolute Gasteiger partial charge is 0.389 e. The van der Waals surface area contributed by atoms with E-state index in [1.807, 2.05) is 13.8 Å². The summed E-state index contributed by atoms with van der Waals surface area (Å²) < 4.78 is 70.2. The topological polar surface area (TPSA) is 114 Å². The summed E-state index contributed by atoms with van der Waals surface area (Å²) in [5.74, 6) is -4.25. The monoisotopic (exact) mass is 573 g/mol. The van der Waals surface area contributed by atoms with Crippen LogP contribution in [0.3, 0.4) is 0 Å². The Labute approximate surface area is 224 Å². The average molecular weight is 574 g/mol. The molecule has 0 saturated heterocycles. The summed E-state index contributed by atoms with van der Waals surface area (Å²) >= 11 is 0.961. The maximum atomic E-state index is 13.9. The highest BCUT2D eigenvalue weighted by Crippen LogP contribution is 2.41. The van der Waals surface area contributed by atoms with E-state index in [2.05, 4.69) is 30.3 Å². The average Bonchev–Trinajstić information content (AvgIpc) is 3.52. The SMILES string of the molecule is CC(C)c1nnsc1C(=O)N[C@H](c1cn2ncc(CNC(=O)CCC(F)(F)F)cc2n1)C1CCC(F)(F)CC1. The van der Waals surface area contributed by atoms with Gasteiger partial charge in [-0.2, -0.15) is 18.3 Å². The van der Waals surface area contributed by atoms with E-state index >= 15 is 0 Å². The first-order valence-electron chi connectivity index (χ1n) is 12.5. The number of halogens is 5. The van der Waals surface area contributed by atoms with Crippen LogP contribution >= 0.6 is 11.5 Å². The normalized spacial score (nSPS) is 16.9. The van der Waals surface area contributed by atoms with Crippen LogP contribution in [-0.4, -0.2) is 48.1 Å². The summed E-state index contributed by atoms with van der Waals surface area (Å²) in [6, 6.07) is 0.932. The van der Waals surface area contributed by atoms with Gasteiger partial charge in [0.15, 0.2) is 5.65 Å². The van der Waals surface area contributed by atoms with E-state index in [1.165, 1.54) is 10.7 Å². The molecule has 1 fully saturated rings. The lowest BCUT2D eigenvalue weighted by Crippen LogP contribution is -2.37. The Balaban J connectivity index is 1.54. The van der Waals surface area contributed by atoms with E-state index in [0.29, 0.717) is 27.5 Å². The van der Waals surface area contributed by atoms with Crippen molar-refractivity contribution in [2.75, 3.05) is 0 Å². The Morgan fingerprint density at radius 2 is 1.95 bits per heavy atom. The number of carbonyl (C=O) groups is 2. The Bertz CT molecular complexity index is 1310. The molecule has 0 aliphatic heterocycles. The van der Waals surface area contributed by atoms with Gasteiger partial charge < -0.3 is 10.6 Å². The number of nitrogens with one attached hydrogen (secondary N) is 2. The zero-order valence-corrected chi connectivity index (χ0v) is 22.1. The zero-order valence-electron chi connectivity index (χ0n) is 21.3. The van der Waals surface area contributed by atoms with E-state index in [4.69, 9.17) is 0 Å². The third-order valence-electron chi connectivity index (χ3n) is 6.63. The molecule has 15 heteroatoms. The van der Waals surface area contributed by atoms with Crippen LogP contribution in [0.5, 0.6) is 0 Å². The molecule has 0 spiro atoms. The molecule has 2 amide bonds. The third-order valence-corrected chi connectivity index (χ3v) is 7.37. The third kappa shape index (κ3) is 7.46.